The van der Waals surface area contributed by atoms with Crippen LogP contribution in [0, 0.1) is 71.0 Å². The first-order chi connectivity index (χ1) is 40.6. The highest BCUT2D eigenvalue weighted by molar-refractivity contribution is 6.08. The molecule has 0 heterocycles. The molecule has 1 aliphatic rings. The van der Waals surface area contributed by atoms with Gasteiger partial charge in [-0.1, -0.05) is 181 Å². The summed E-state index contributed by atoms with van der Waals surface area (Å²) in [4.78, 5) is 0. The Balaban J connectivity index is 0.902. The average molecular weight is 1030 g/mol. The van der Waals surface area contributed by atoms with Gasteiger partial charge < -0.3 is 0 Å². The van der Waals surface area contributed by atoms with Gasteiger partial charge in [0.05, 0.1) is 0 Å². The molecule has 0 saturated carbocycles. The molecular formula is C82H40. The standard InChI is InChI=1S/C82H40/c1-2-14-54-16-4-26-64-44-66-28-6-18-56(76(66)49-74(54)64)36-38-58-20-8-30-68-46-70-32-10-22-60(80(70)51-78(58)68)40-42-62-24-12-34-72-47-71-33-11-23-61(81(71)52-82(62)72)41-39-59-21-9-31-69-45-67-29-7-19-57(77(67)50-79(59)69)37-35-55-17-5-27-65-43-63-25-3-15-53(13-1)73(63)48-75(55)65/h3-12,15-34,43-52H. The van der Waals surface area contributed by atoms with E-state index in [1.165, 1.54) is 0 Å². The minimum absolute atomic E-state index is 0.915. The third-order valence-corrected chi connectivity index (χ3v) is 16.2. The molecule has 368 valence electrons. The predicted molar refractivity (Wildman–Crippen MR) is 345 cm³/mol. The summed E-state index contributed by atoms with van der Waals surface area (Å²) in [6, 6.07) is 86.2. The molecule has 0 unspecified atom stereocenters. The molecule has 0 radical (unpaired) electrons. The van der Waals surface area contributed by atoms with Gasteiger partial charge in [-0.15, -0.1) is 0 Å². The van der Waals surface area contributed by atoms with Crippen molar-refractivity contribution in [1.82, 2.24) is 0 Å². The summed E-state index contributed by atoms with van der Waals surface area (Å²) in [5.41, 5.74) is 9.50. The number of hydrogen-bond donors (Lipinski definition) is 0. The third-order valence-electron chi connectivity index (χ3n) is 16.2. The molecule has 15 aromatic rings. The van der Waals surface area contributed by atoms with Gasteiger partial charge in [0.2, 0.25) is 0 Å². The lowest BCUT2D eigenvalue weighted by molar-refractivity contribution is 1.68. The second kappa shape index (κ2) is 19.0. The van der Waals surface area contributed by atoms with Crippen molar-refractivity contribution in [2.24, 2.45) is 0 Å². The number of rotatable bonds is 0. The van der Waals surface area contributed by atoms with Gasteiger partial charge in [0.25, 0.3) is 0 Å². The summed E-state index contributed by atoms with van der Waals surface area (Å²) < 4.78 is 0. The topological polar surface area (TPSA) is 0 Å². The quantitative estimate of drug-likeness (QED) is 0.105. The maximum Gasteiger partial charge on any atom is 0.0334 e. The minimum atomic E-state index is 0.915. The van der Waals surface area contributed by atoms with Crippen LogP contribution >= 0.6 is 0 Å². The molecule has 15 aromatic carbocycles. The Morgan fingerprint density at radius 2 is 0.268 bits per heavy atom. The highest BCUT2D eigenvalue weighted by atomic mass is 14.1. The summed E-state index contributed by atoms with van der Waals surface area (Å²) in [6.07, 6.45) is 0. The summed E-state index contributed by atoms with van der Waals surface area (Å²) in [6.45, 7) is 0. The van der Waals surface area contributed by atoms with Crippen LogP contribution in [-0.4, -0.2) is 0 Å². The van der Waals surface area contributed by atoms with E-state index in [0.717, 1.165) is 163 Å². The normalized spacial score (nSPS) is 11.7. The molecule has 0 spiro atoms. The van der Waals surface area contributed by atoms with E-state index in [1.807, 2.05) is 0 Å². The molecule has 0 aliphatic heterocycles. The molecule has 0 N–H and O–H groups in total. The zero-order valence-electron chi connectivity index (χ0n) is 44.1. The summed E-state index contributed by atoms with van der Waals surface area (Å²) >= 11 is 0. The first-order valence-electron chi connectivity index (χ1n) is 27.5. The van der Waals surface area contributed by atoms with Crippen LogP contribution in [0.4, 0.5) is 0 Å². The van der Waals surface area contributed by atoms with Gasteiger partial charge in [0, 0.05) is 55.6 Å². The maximum atomic E-state index is 3.63. The van der Waals surface area contributed by atoms with E-state index in [9.17, 15) is 0 Å². The van der Waals surface area contributed by atoms with Crippen molar-refractivity contribution >= 4 is 108 Å². The van der Waals surface area contributed by atoms with Gasteiger partial charge in [-0.05, 0) is 241 Å². The fraction of sp³-hybridized carbons (Fsp3) is 0. The Kier molecular flexibility index (Phi) is 10.8. The Labute approximate surface area is 474 Å². The fourth-order valence-electron chi connectivity index (χ4n) is 12.1. The van der Waals surface area contributed by atoms with Crippen LogP contribution in [0.2, 0.25) is 0 Å². The highest BCUT2D eigenvalue weighted by Crippen LogP contribution is 2.34. The Morgan fingerprint density at radius 3 is 0.415 bits per heavy atom. The summed E-state index contributed by atoms with van der Waals surface area (Å²) in [7, 11) is 0. The summed E-state index contributed by atoms with van der Waals surface area (Å²) in [5.74, 6) is 42.3. The second-order valence-corrected chi connectivity index (χ2v) is 21.0. The zero-order valence-corrected chi connectivity index (χ0v) is 44.1. The molecule has 0 aromatic heterocycles. The van der Waals surface area contributed by atoms with Crippen LogP contribution in [0.25, 0.3) is 108 Å². The molecule has 82 heavy (non-hydrogen) atoms. The lowest BCUT2D eigenvalue weighted by atomic mass is 9.95. The lowest BCUT2D eigenvalue weighted by Crippen LogP contribution is -1.87. The smallest absolute Gasteiger partial charge is 0.0334 e. The lowest BCUT2D eigenvalue weighted by Gasteiger charge is -2.08. The zero-order chi connectivity index (χ0) is 54.1. The Morgan fingerprint density at radius 1 is 0.134 bits per heavy atom. The Bertz CT molecular complexity index is 5440. The van der Waals surface area contributed by atoms with Gasteiger partial charge in [0.15, 0.2) is 0 Å². The van der Waals surface area contributed by atoms with E-state index in [1.54, 1.807) is 0 Å². The van der Waals surface area contributed by atoms with Gasteiger partial charge in [0.1, 0.15) is 0 Å². The van der Waals surface area contributed by atoms with Gasteiger partial charge >= 0.3 is 0 Å². The van der Waals surface area contributed by atoms with E-state index in [2.05, 4.69) is 314 Å². The molecule has 0 heteroatoms. The first-order valence-corrected chi connectivity index (χ1v) is 27.5. The fourth-order valence-corrected chi connectivity index (χ4v) is 12.1. The maximum absolute atomic E-state index is 3.63. The molecule has 16 rings (SSSR count). The molecular weight excluding hydrogens is 985 g/mol. The number of benzene rings is 15. The van der Waals surface area contributed by atoms with E-state index < -0.39 is 0 Å². The molecule has 10 bridgehead atoms. The van der Waals surface area contributed by atoms with Crippen molar-refractivity contribution in [2.45, 2.75) is 0 Å². The van der Waals surface area contributed by atoms with Crippen LogP contribution in [0.5, 0.6) is 0 Å². The Hall–Kier alpha value is -11.7. The molecule has 0 fully saturated rings. The van der Waals surface area contributed by atoms with E-state index in [0.29, 0.717) is 0 Å². The molecule has 0 saturated heterocycles. The highest BCUT2D eigenvalue weighted by Gasteiger charge is 2.12. The van der Waals surface area contributed by atoms with Crippen LogP contribution in [0.15, 0.2) is 243 Å². The monoisotopic (exact) mass is 1020 g/mol. The van der Waals surface area contributed by atoms with Crippen LogP contribution in [-0.2, 0) is 0 Å². The molecule has 1 aliphatic carbocycles. The van der Waals surface area contributed by atoms with Crippen molar-refractivity contribution in [1.29, 1.82) is 0 Å². The minimum Gasteiger partial charge on any atom is -0.0610 e. The van der Waals surface area contributed by atoms with Gasteiger partial charge in [-0.25, -0.2) is 0 Å². The van der Waals surface area contributed by atoms with Crippen molar-refractivity contribution < 1.29 is 0 Å². The van der Waals surface area contributed by atoms with Crippen molar-refractivity contribution in [3.63, 3.8) is 0 Å². The van der Waals surface area contributed by atoms with Gasteiger partial charge in [-0.3, -0.25) is 0 Å². The first kappa shape index (κ1) is 46.4. The van der Waals surface area contributed by atoms with Crippen molar-refractivity contribution in [3.8, 4) is 71.0 Å². The predicted octanol–water partition coefficient (Wildman–Crippen LogP) is 18.5. The average Bonchev–Trinajstić information content (AvgIpc) is 3.68. The van der Waals surface area contributed by atoms with E-state index in [-0.39, 0.29) is 0 Å². The third kappa shape index (κ3) is 8.10. The van der Waals surface area contributed by atoms with Crippen LogP contribution < -0.4 is 0 Å². The van der Waals surface area contributed by atoms with Crippen LogP contribution in [0.1, 0.15) is 55.6 Å². The SMILES string of the molecule is C1#Cc2cccc3cc4cccc(c4cc23)C#Cc2cccc3cc4cccc(c4cc23)C#Cc2cccc3cc4cccc(c4cc23)C#Cc2cccc3cc4cccc(c4cc23)C#Cc2cccc3cc4cccc(c4cc23)C#C1. The van der Waals surface area contributed by atoms with Crippen molar-refractivity contribution in [3.05, 3.63) is 298 Å². The van der Waals surface area contributed by atoms with E-state index in [4.69, 9.17) is 0 Å². The van der Waals surface area contributed by atoms with Crippen LogP contribution in [0.3, 0.4) is 0 Å². The molecule has 0 atom stereocenters. The van der Waals surface area contributed by atoms with Crippen molar-refractivity contribution in [2.75, 3.05) is 0 Å². The largest absolute Gasteiger partial charge is 0.0610 e. The molecule has 0 amide bonds. The summed E-state index contributed by atoms with van der Waals surface area (Å²) in [5, 5.41) is 22.0. The van der Waals surface area contributed by atoms with Gasteiger partial charge in [-0.2, -0.15) is 0 Å². The second-order valence-electron chi connectivity index (χ2n) is 21.0. The number of hydrogen-bond acceptors (Lipinski definition) is 0. The molecule has 0 nitrogen and oxygen atoms in total. The van der Waals surface area contributed by atoms with E-state index >= 15 is 0 Å².